The molecule has 286 valence electrons. The van der Waals surface area contributed by atoms with Crippen LogP contribution in [0.15, 0.2) is 55.1 Å². The van der Waals surface area contributed by atoms with Crippen LogP contribution in [0.25, 0.3) is 16.8 Å². The summed E-state index contributed by atoms with van der Waals surface area (Å²) in [5.41, 5.74) is -0.0323. The molecule has 4 aromatic rings. The summed E-state index contributed by atoms with van der Waals surface area (Å²) in [7, 11) is 5.73. The van der Waals surface area contributed by atoms with Gasteiger partial charge in [-0.3, -0.25) is 19.8 Å². The van der Waals surface area contributed by atoms with E-state index in [0.717, 1.165) is 22.0 Å². The Balaban J connectivity index is 1.82. The van der Waals surface area contributed by atoms with Crippen molar-refractivity contribution in [1.29, 1.82) is 5.41 Å². The molecule has 22 heteroatoms. The maximum atomic E-state index is 15.8. The van der Waals surface area contributed by atoms with Crippen molar-refractivity contribution in [3.05, 3.63) is 82.9 Å². The fourth-order valence-electron chi connectivity index (χ4n) is 5.07. The van der Waals surface area contributed by atoms with Crippen molar-refractivity contribution in [2.45, 2.75) is 51.1 Å². The Kier molecular flexibility index (Phi) is 12.9. The predicted octanol–water partition coefficient (Wildman–Crippen LogP) is 3.76. The first-order valence-electron chi connectivity index (χ1n) is 16.5. The summed E-state index contributed by atoms with van der Waals surface area (Å²) in [4.78, 5) is 31.3. The van der Waals surface area contributed by atoms with Crippen molar-refractivity contribution < 1.29 is 40.7 Å². The van der Waals surface area contributed by atoms with Gasteiger partial charge >= 0.3 is 12.3 Å². The molecule has 0 saturated heterocycles. The van der Waals surface area contributed by atoms with Gasteiger partial charge in [-0.2, -0.15) is 23.4 Å². The molecule has 0 aliphatic rings. The Morgan fingerprint density at radius 2 is 1.76 bits per heavy atom. The normalized spacial score (nSPS) is 12.7. The molecular weight excluding hydrogens is 740 g/mol. The number of aromatic nitrogens is 5. The highest BCUT2D eigenvalue weighted by atomic mass is 35.5. The van der Waals surface area contributed by atoms with Gasteiger partial charge in [-0.05, 0) is 46.9 Å². The van der Waals surface area contributed by atoms with E-state index in [1.165, 1.54) is 36.5 Å². The molecule has 12 nitrogen and oxygen atoms in total. The van der Waals surface area contributed by atoms with Crippen LogP contribution in [0.1, 0.15) is 61.4 Å². The van der Waals surface area contributed by atoms with Crippen LogP contribution in [-0.2, 0) is 9.97 Å². The first-order chi connectivity index (χ1) is 25.1. The molecule has 0 radical (unpaired) electrons. The number of ether oxygens (including phenoxy) is 1. The summed E-state index contributed by atoms with van der Waals surface area (Å²) in [6.07, 6.45) is -4.87. The van der Waals surface area contributed by atoms with Gasteiger partial charge in [-0.1, -0.05) is 44.5 Å². The summed E-state index contributed by atoms with van der Waals surface area (Å²) in [5, 5.41) is 21.1. The summed E-state index contributed by atoms with van der Waals surface area (Å²) in [5.74, 6) is -3.11. The molecule has 1 atom stereocenters. The highest BCUT2D eigenvalue weighted by molar-refractivity contribution is 6.56. The minimum absolute atomic E-state index is 0.0242. The number of halogens is 7. The number of hydrogen-bond donors (Lipinski definition) is 3. The van der Waals surface area contributed by atoms with Crippen LogP contribution in [0.3, 0.4) is 0 Å². The summed E-state index contributed by atoms with van der Waals surface area (Å²) < 4.78 is 89.6. The zero-order valence-electron chi connectivity index (χ0n) is 30.2. The number of alkyl carbamates (subject to hydrolysis) is 1. The van der Waals surface area contributed by atoms with Crippen molar-refractivity contribution in [2.75, 3.05) is 19.7 Å². The van der Waals surface area contributed by atoms with E-state index in [1.807, 2.05) is 44.3 Å². The number of carbonyl (C=O) groups is 2. The number of rotatable bonds is 12. The molecule has 2 aromatic heterocycles. The Morgan fingerprint density at radius 1 is 1.06 bits per heavy atom. The molecule has 4 rings (SSSR count). The Labute approximate surface area is 314 Å². The van der Waals surface area contributed by atoms with Crippen molar-refractivity contribution in [1.82, 2.24) is 40.1 Å². The van der Waals surface area contributed by atoms with Crippen LogP contribution >= 0.6 is 11.6 Å². The van der Waals surface area contributed by atoms with Gasteiger partial charge in [0.1, 0.15) is 48.8 Å². The number of carbonyl (C=O) groups excluding carboxylic acids is 2. The molecule has 0 spiro atoms. The third kappa shape index (κ3) is 10.8. The fourth-order valence-corrected chi connectivity index (χ4v) is 5.27. The van der Waals surface area contributed by atoms with Crippen LogP contribution in [0.2, 0.25) is 5.02 Å². The minimum Gasteiger partial charge on any atom is -0.447 e. The molecule has 3 N–H and O–H groups in total. The van der Waals surface area contributed by atoms with Crippen molar-refractivity contribution >= 4 is 53.1 Å². The lowest BCUT2D eigenvalue weighted by atomic mass is 9.49. The SMILES string of the molecule is BC(B)(B)n1cc(-c2ccc(C(=O)N(C(=N)NCCC(C)(C)C)[C@H](COC(=O)NCC(F)(F)F)c3ccc(Cl)c(-n4ncnc4C(F)F)c3)cc2F)cn1. The summed E-state index contributed by atoms with van der Waals surface area (Å²) in [6, 6.07) is 5.93. The second-order valence-corrected chi connectivity index (χ2v) is 14.8. The minimum atomic E-state index is -4.77. The monoisotopic (exact) mass is 777 g/mol. The van der Waals surface area contributed by atoms with Crippen LogP contribution in [0, 0.1) is 16.6 Å². The number of alkyl halides is 5. The van der Waals surface area contributed by atoms with Gasteiger partial charge in [0.25, 0.3) is 12.3 Å². The topological polar surface area (TPSA) is 143 Å². The van der Waals surface area contributed by atoms with Gasteiger partial charge in [0, 0.05) is 29.4 Å². The lowest BCUT2D eigenvalue weighted by molar-refractivity contribution is -0.123. The van der Waals surface area contributed by atoms with Crippen molar-refractivity contribution in [2.24, 2.45) is 5.41 Å². The van der Waals surface area contributed by atoms with Gasteiger partial charge in [0.2, 0.25) is 0 Å². The zero-order chi connectivity index (χ0) is 40.2. The van der Waals surface area contributed by atoms with Crippen molar-refractivity contribution in [3.63, 3.8) is 0 Å². The standard InChI is InChI=1S/C32H37B3ClF6N9O3/c1-30(2,3)8-9-44-28(43)50(27(52)18-4-6-20(22(37)10-18)19-12-47-49(13-19)32(33,34)35)24(14-54-29(53)45-15-31(40,41)42)17-5-7-21(36)23(11-17)51-26(25(38)39)46-16-48-51/h4-7,10-13,16,24-25H,8-9,14-15,33-35H2,1-3H3,(H2,43,44)(H,45,53)/t24-/m1/s1. The number of hydrogen-bond acceptors (Lipinski definition) is 7. The van der Waals surface area contributed by atoms with Gasteiger partial charge in [-0.15, -0.1) is 0 Å². The maximum Gasteiger partial charge on any atom is 0.407 e. The second-order valence-electron chi connectivity index (χ2n) is 14.4. The number of guanidine groups is 1. The lowest BCUT2D eigenvalue weighted by Gasteiger charge is -2.33. The predicted molar refractivity (Wildman–Crippen MR) is 197 cm³/mol. The van der Waals surface area contributed by atoms with E-state index in [0.29, 0.717) is 12.0 Å². The molecule has 0 unspecified atom stereocenters. The van der Waals surface area contributed by atoms with Gasteiger partial charge in [-0.25, -0.2) is 27.6 Å². The number of nitrogens with zero attached hydrogens (tertiary/aromatic N) is 6. The molecule has 0 saturated carbocycles. The van der Waals surface area contributed by atoms with Crippen LogP contribution in [-0.4, -0.2) is 96.8 Å². The molecule has 54 heavy (non-hydrogen) atoms. The highest BCUT2D eigenvalue weighted by Gasteiger charge is 2.34. The lowest BCUT2D eigenvalue weighted by Crippen LogP contribution is -2.48. The maximum absolute atomic E-state index is 15.8. The van der Waals surface area contributed by atoms with E-state index in [2.05, 4.69) is 20.5 Å². The van der Waals surface area contributed by atoms with Crippen LogP contribution in [0.5, 0.6) is 0 Å². The molecule has 2 heterocycles. The van der Waals surface area contributed by atoms with Crippen molar-refractivity contribution in [3.8, 4) is 16.8 Å². The molecule has 0 fully saturated rings. The first kappa shape index (κ1) is 41.8. The average molecular weight is 778 g/mol. The van der Waals surface area contributed by atoms with Gasteiger partial charge in [0.15, 0.2) is 11.8 Å². The van der Waals surface area contributed by atoms with E-state index in [9.17, 15) is 31.5 Å². The third-order valence-electron chi connectivity index (χ3n) is 7.89. The fraction of sp³-hybridized carbons (Fsp3) is 0.375. The van der Waals surface area contributed by atoms with E-state index in [4.69, 9.17) is 21.7 Å². The molecule has 0 aliphatic heterocycles. The third-order valence-corrected chi connectivity index (χ3v) is 8.21. The van der Waals surface area contributed by atoms with Gasteiger partial charge in [0.05, 0.1) is 22.9 Å². The zero-order valence-corrected chi connectivity index (χ0v) is 31.0. The smallest absolute Gasteiger partial charge is 0.407 e. The quantitative estimate of drug-likeness (QED) is 0.0861. The van der Waals surface area contributed by atoms with Gasteiger partial charge < -0.3 is 15.4 Å². The second kappa shape index (κ2) is 16.6. The molecule has 0 aliphatic carbocycles. The molecule has 2 amide bonds. The number of nitrogens with one attached hydrogen (secondary N) is 3. The number of benzene rings is 2. The average Bonchev–Trinajstić information content (AvgIpc) is 3.76. The Morgan fingerprint density at radius 3 is 2.35 bits per heavy atom. The van der Waals surface area contributed by atoms with E-state index in [-0.39, 0.29) is 39.4 Å². The number of amides is 2. The Bertz CT molecular complexity index is 1980. The molecule has 0 bridgehead atoms. The largest absolute Gasteiger partial charge is 0.447 e. The Hall–Kier alpha value is -4.94. The summed E-state index contributed by atoms with van der Waals surface area (Å²) in [6.45, 7) is 3.42. The van der Waals surface area contributed by atoms with E-state index >= 15 is 4.39 Å². The van der Waals surface area contributed by atoms with E-state index < -0.39 is 66.6 Å². The van der Waals surface area contributed by atoms with Crippen LogP contribution in [0.4, 0.5) is 31.1 Å². The summed E-state index contributed by atoms with van der Waals surface area (Å²) >= 11 is 6.38. The molecule has 2 aromatic carbocycles. The van der Waals surface area contributed by atoms with E-state index in [1.54, 1.807) is 16.2 Å². The highest BCUT2D eigenvalue weighted by Crippen LogP contribution is 2.32. The van der Waals surface area contributed by atoms with Crippen LogP contribution < -0.4 is 10.6 Å². The first-order valence-corrected chi connectivity index (χ1v) is 16.9. The molecular formula is C32H37B3ClF6N9O3.